The molecule has 1 saturated heterocycles. The first-order valence-electron chi connectivity index (χ1n) is 8.59. The molecule has 0 saturated carbocycles. The summed E-state index contributed by atoms with van der Waals surface area (Å²) in [5.74, 6) is 0.0269. The number of rotatable bonds is 5. The Bertz CT molecular complexity index is 706. The lowest BCUT2D eigenvalue weighted by Crippen LogP contribution is -2.46. The third kappa shape index (κ3) is 4.28. The standard InChI is InChI=1S/C16H24N4O4S/c17-6-2-11-24-13-4-8-20(9-5-13)16(21)14-3-1-7-19-10-12-25(22,23)18-15(14)19/h1,3,7,13H,2,4-6,8-12,17H2. The van der Waals surface area contributed by atoms with Gasteiger partial charge in [-0.25, -0.2) is 8.42 Å². The minimum Gasteiger partial charge on any atom is -0.378 e. The third-order valence-corrected chi connectivity index (χ3v) is 5.67. The van der Waals surface area contributed by atoms with E-state index in [0.29, 0.717) is 38.4 Å². The van der Waals surface area contributed by atoms with Crippen molar-refractivity contribution in [1.82, 2.24) is 9.80 Å². The summed E-state index contributed by atoms with van der Waals surface area (Å²) in [7, 11) is -3.50. The molecule has 0 aromatic carbocycles. The van der Waals surface area contributed by atoms with Gasteiger partial charge in [-0.1, -0.05) is 0 Å². The van der Waals surface area contributed by atoms with Gasteiger partial charge in [0.15, 0.2) is 5.84 Å². The summed E-state index contributed by atoms with van der Waals surface area (Å²) in [5.41, 5.74) is 5.80. The van der Waals surface area contributed by atoms with Crippen molar-refractivity contribution in [1.29, 1.82) is 0 Å². The highest BCUT2D eigenvalue weighted by Gasteiger charge is 2.33. The molecule has 0 spiro atoms. The molecule has 0 aliphatic carbocycles. The predicted octanol–water partition coefficient (Wildman–Crippen LogP) is -0.160. The summed E-state index contributed by atoms with van der Waals surface area (Å²) in [6.45, 7) is 2.76. The van der Waals surface area contributed by atoms with Gasteiger partial charge in [-0.3, -0.25) is 4.79 Å². The van der Waals surface area contributed by atoms with Crippen molar-refractivity contribution >= 4 is 21.8 Å². The smallest absolute Gasteiger partial charge is 0.257 e. The maximum Gasteiger partial charge on any atom is 0.257 e. The van der Waals surface area contributed by atoms with E-state index in [2.05, 4.69) is 4.40 Å². The Balaban J connectivity index is 1.64. The Morgan fingerprint density at radius 1 is 1.32 bits per heavy atom. The summed E-state index contributed by atoms with van der Waals surface area (Å²) in [4.78, 5) is 16.3. The van der Waals surface area contributed by atoms with E-state index in [4.69, 9.17) is 10.5 Å². The molecule has 8 nitrogen and oxygen atoms in total. The van der Waals surface area contributed by atoms with E-state index in [-0.39, 0.29) is 23.6 Å². The second-order valence-corrected chi connectivity index (χ2v) is 8.08. The van der Waals surface area contributed by atoms with Crippen molar-refractivity contribution in [2.75, 3.05) is 38.5 Å². The van der Waals surface area contributed by atoms with Crippen molar-refractivity contribution in [2.24, 2.45) is 10.1 Å². The molecule has 0 aromatic rings. The van der Waals surface area contributed by atoms with Crippen LogP contribution in [-0.4, -0.2) is 74.6 Å². The molecule has 3 aliphatic rings. The number of likely N-dealkylation sites (tertiary alicyclic amines) is 1. The van der Waals surface area contributed by atoms with E-state index >= 15 is 0 Å². The average molecular weight is 368 g/mol. The molecule has 138 valence electrons. The van der Waals surface area contributed by atoms with Gasteiger partial charge in [0.25, 0.3) is 15.9 Å². The molecule has 9 heteroatoms. The molecule has 2 N–H and O–H groups in total. The molecule has 25 heavy (non-hydrogen) atoms. The van der Waals surface area contributed by atoms with Gasteiger partial charge in [0, 0.05) is 32.4 Å². The number of allylic oxidation sites excluding steroid dienone is 2. The van der Waals surface area contributed by atoms with Crippen LogP contribution in [0.3, 0.4) is 0 Å². The third-order valence-electron chi connectivity index (χ3n) is 4.52. The number of amidine groups is 1. The maximum atomic E-state index is 12.9. The molecule has 0 atom stereocenters. The van der Waals surface area contributed by atoms with Gasteiger partial charge in [0.1, 0.15) is 0 Å². The number of fused-ring (bicyclic) bond motifs is 1. The number of hydrogen-bond donors (Lipinski definition) is 1. The molecule has 3 rings (SSSR count). The Morgan fingerprint density at radius 3 is 2.80 bits per heavy atom. The number of ether oxygens (including phenoxy) is 1. The van der Waals surface area contributed by atoms with Gasteiger partial charge < -0.3 is 20.3 Å². The van der Waals surface area contributed by atoms with E-state index in [1.54, 1.807) is 28.2 Å². The highest BCUT2D eigenvalue weighted by atomic mass is 32.2. The lowest BCUT2D eigenvalue weighted by molar-refractivity contribution is -0.129. The molecule has 0 unspecified atom stereocenters. The van der Waals surface area contributed by atoms with Crippen molar-refractivity contribution in [3.05, 3.63) is 23.9 Å². The van der Waals surface area contributed by atoms with Crippen molar-refractivity contribution in [3.63, 3.8) is 0 Å². The van der Waals surface area contributed by atoms with E-state index in [0.717, 1.165) is 19.3 Å². The molecular formula is C16H24N4O4S. The first-order valence-corrected chi connectivity index (χ1v) is 10.2. The van der Waals surface area contributed by atoms with Crippen LogP contribution in [0.15, 0.2) is 28.3 Å². The van der Waals surface area contributed by atoms with E-state index < -0.39 is 10.0 Å². The van der Waals surface area contributed by atoms with Crippen LogP contribution in [0.25, 0.3) is 0 Å². The lowest BCUT2D eigenvalue weighted by Gasteiger charge is -2.35. The zero-order valence-electron chi connectivity index (χ0n) is 14.1. The van der Waals surface area contributed by atoms with Crippen LogP contribution in [0.5, 0.6) is 0 Å². The second-order valence-electron chi connectivity index (χ2n) is 6.32. The Labute approximate surface area is 148 Å². The molecule has 1 amide bonds. The number of sulfonamides is 1. The average Bonchev–Trinajstić information content (AvgIpc) is 2.61. The largest absolute Gasteiger partial charge is 0.378 e. The van der Waals surface area contributed by atoms with Crippen LogP contribution in [0.4, 0.5) is 0 Å². The summed E-state index contributed by atoms with van der Waals surface area (Å²) in [5, 5.41) is 0. The SMILES string of the molecule is NCCCOC1CCN(C(=O)C2=CC=CN3CCS(=O)(=O)N=C23)CC1. The zero-order valence-corrected chi connectivity index (χ0v) is 15.0. The molecule has 0 aromatic heterocycles. The lowest BCUT2D eigenvalue weighted by atomic mass is 10.0. The Morgan fingerprint density at radius 2 is 2.08 bits per heavy atom. The summed E-state index contributed by atoms with van der Waals surface area (Å²) in [6, 6.07) is 0. The molecule has 0 radical (unpaired) electrons. The molecule has 1 fully saturated rings. The van der Waals surface area contributed by atoms with Crippen LogP contribution in [0.1, 0.15) is 19.3 Å². The van der Waals surface area contributed by atoms with E-state index in [9.17, 15) is 13.2 Å². The number of amides is 1. The van der Waals surface area contributed by atoms with Crippen molar-refractivity contribution in [3.8, 4) is 0 Å². The molecule has 3 aliphatic heterocycles. The number of piperidine rings is 1. The molecule has 0 bridgehead atoms. The quantitative estimate of drug-likeness (QED) is 0.676. The fraction of sp³-hybridized carbons (Fsp3) is 0.625. The fourth-order valence-corrected chi connectivity index (χ4v) is 4.10. The first-order chi connectivity index (χ1) is 12.0. The Kier molecular flexibility index (Phi) is 5.55. The van der Waals surface area contributed by atoms with Crippen LogP contribution in [0, 0.1) is 0 Å². The van der Waals surface area contributed by atoms with Gasteiger partial charge in [-0.2, -0.15) is 0 Å². The first kappa shape index (κ1) is 18.1. The summed E-state index contributed by atoms with van der Waals surface area (Å²) in [6.07, 6.45) is 7.68. The van der Waals surface area contributed by atoms with E-state index in [1.807, 2.05) is 0 Å². The minimum atomic E-state index is -3.50. The topological polar surface area (TPSA) is 105 Å². The van der Waals surface area contributed by atoms with Crippen molar-refractivity contribution < 1.29 is 17.9 Å². The number of carbonyl (C=O) groups excluding carboxylic acids is 1. The summed E-state index contributed by atoms with van der Waals surface area (Å²) >= 11 is 0. The van der Waals surface area contributed by atoms with Gasteiger partial charge in [0.2, 0.25) is 0 Å². The van der Waals surface area contributed by atoms with Crippen LogP contribution in [-0.2, 0) is 19.6 Å². The van der Waals surface area contributed by atoms with E-state index in [1.165, 1.54) is 0 Å². The van der Waals surface area contributed by atoms with Gasteiger partial charge >= 0.3 is 0 Å². The number of nitrogens with two attached hydrogens (primary N) is 1. The van der Waals surface area contributed by atoms with Crippen LogP contribution in [0.2, 0.25) is 0 Å². The zero-order chi connectivity index (χ0) is 17.9. The fourth-order valence-electron chi connectivity index (χ4n) is 3.11. The van der Waals surface area contributed by atoms with Crippen LogP contribution >= 0.6 is 0 Å². The summed E-state index contributed by atoms with van der Waals surface area (Å²) < 4.78 is 33.2. The highest BCUT2D eigenvalue weighted by molar-refractivity contribution is 7.90. The molecule has 3 heterocycles. The highest BCUT2D eigenvalue weighted by Crippen LogP contribution is 2.22. The van der Waals surface area contributed by atoms with Gasteiger partial charge in [-0.05, 0) is 38.0 Å². The molecular weight excluding hydrogens is 344 g/mol. The minimum absolute atomic E-state index is 0.0339. The predicted molar refractivity (Wildman–Crippen MR) is 94.4 cm³/mol. The Hall–Kier alpha value is -1.71. The number of carbonyl (C=O) groups is 1. The van der Waals surface area contributed by atoms with Crippen LogP contribution < -0.4 is 5.73 Å². The monoisotopic (exact) mass is 368 g/mol. The van der Waals surface area contributed by atoms with Gasteiger partial charge in [-0.15, -0.1) is 4.40 Å². The second kappa shape index (κ2) is 7.67. The maximum absolute atomic E-state index is 12.9. The normalized spacial score (nSPS) is 23.1. The number of hydrogen-bond acceptors (Lipinski definition) is 6. The number of nitrogens with zero attached hydrogens (tertiary/aromatic N) is 3. The van der Waals surface area contributed by atoms with Gasteiger partial charge in [0.05, 0.1) is 17.4 Å². The van der Waals surface area contributed by atoms with Crippen molar-refractivity contribution in [2.45, 2.75) is 25.4 Å².